The van der Waals surface area contributed by atoms with Crippen molar-refractivity contribution in [3.63, 3.8) is 0 Å². The minimum absolute atomic E-state index is 0.173. The van der Waals surface area contributed by atoms with E-state index in [0.29, 0.717) is 5.92 Å². The molecule has 19 heavy (non-hydrogen) atoms. The second-order valence-electron chi connectivity index (χ2n) is 5.46. The molecule has 1 amide bonds. The molecule has 2 fully saturated rings. The number of nitrogens with one attached hydrogen (secondary N) is 1. The first-order valence-corrected chi connectivity index (χ1v) is 6.64. The zero-order valence-electron chi connectivity index (χ0n) is 10.8. The fourth-order valence-electron chi connectivity index (χ4n) is 3.36. The van der Waals surface area contributed by atoms with E-state index < -0.39 is 0 Å². The molecule has 1 aromatic rings. The number of phenols is 2. The molecule has 0 radical (unpaired) electrons. The van der Waals surface area contributed by atoms with Crippen LogP contribution in [0.1, 0.15) is 23.7 Å². The standard InChI is InChI=1S/C14H18N2O3/c1-8-5-9-6-15-7-11(9)16(8)14(19)10-3-2-4-12(17)13(10)18/h2-4,8-9,11,15,17-18H,5-7H2,1H3. The highest BCUT2D eigenvalue weighted by atomic mass is 16.3. The molecule has 102 valence electrons. The maximum atomic E-state index is 12.6. The van der Waals surface area contributed by atoms with Crippen LogP contribution in [0.4, 0.5) is 0 Å². The van der Waals surface area contributed by atoms with Gasteiger partial charge in [0.15, 0.2) is 11.5 Å². The number of phenolic OH excluding ortho intramolecular Hbond substituents is 2. The largest absolute Gasteiger partial charge is 0.504 e. The van der Waals surface area contributed by atoms with Crippen LogP contribution in [0.25, 0.3) is 0 Å². The number of carbonyl (C=O) groups excluding carboxylic acids is 1. The molecular weight excluding hydrogens is 244 g/mol. The zero-order valence-corrected chi connectivity index (χ0v) is 10.8. The first kappa shape index (κ1) is 12.3. The van der Waals surface area contributed by atoms with E-state index in [1.54, 1.807) is 12.1 Å². The molecule has 3 unspecified atom stereocenters. The average molecular weight is 262 g/mol. The van der Waals surface area contributed by atoms with E-state index in [1.165, 1.54) is 6.07 Å². The van der Waals surface area contributed by atoms with Crippen molar-refractivity contribution >= 4 is 5.91 Å². The molecule has 3 N–H and O–H groups in total. The van der Waals surface area contributed by atoms with Crippen molar-refractivity contribution in [2.75, 3.05) is 13.1 Å². The lowest BCUT2D eigenvalue weighted by Gasteiger charge is -2.28. The summed E-state index contributed by atoms with van der Waals surface area (Å²) >= 11 is 0. The molecule has 0 saturated carbocycles. The SMILES string of the molecule is CC1CC2CNCC2N1C(=O)c1cccc(O)c1O. The Morgan fingerprint density at radius 1 is 1.37 bits per heavy atom. The Morgan fingerprint density at radius 2 is 2.16 bits per heavy atom. The van der Waals surface area contributed by atoms with Crippen molar-refractivity contribution in [1.29, 1.82) is 0 Å². The third kappa shape index (κ3) is 1.85. The van der Waals surface area contributed by atoms with Crippen LogP contribution in [0.3, 0.4) is 0 Å². The lowest BCUT2D eigenvalue weighted by molar-refractivity contribution is 0.0678. The number of likely N-dealkylation sites (tertiary alicyclic amines) is 1. The number of nitrogens with zero attached hydrogens (tertiary/aromatic N) is 1. The monoisotopic (exact) mass is 262 g/mol. The second-order valence-corrected chi connectivity index (χ2v) is 5.46. The molecule has 2 aliphatic rings. The maximum absolute atomic E-state index is 12.6. The van der Waals surface area contributed by atoms with Crippen molar-refractivity contribution in [2.45, 2.75) is 25.4 Å². The molecule has 0 aliphatic carbocycles. The van der Waals surface area contributed by atoms with Gasteiger partial charge in [0, 0.05) is 25.2 Å². The normalized spacial score (nSPS) is 29.5. The van der Waals surface area contributed by atoms with Gasteiger partial charge in [-0.25, -0.2) is 0 Å². The van der Waals surface area contributed by atoms with E-state index in [4.69, 9.17) is 0 Å². The van der Waals surface area contributed by atoms with Gasteiger partial charge in [0.05, 0.1) is 5.56 Å². The van der Waals surface area contributed by atoms with Crippen LogP contribution in [-0.4, -0.2) is 46.2 Å². The fraction of sp³-hybridized carbons (Fsp3) is 0.500. The molecule has 1 aromatic carbocycles. The highest BCUT2D eigenvalue weighted by Gasteiger charge is 2.44. The van der Waals surface area contributed by atoms with Crippen LogP contribution in [0.15, 0.2) is 18.2 Å². The highest BCUT2D eigenvalue weighted by Crippen LogP contribution is 2.36. The van der Waals surface area contributed by atoms with Gasteiger partial charge in [-0.1, -0.05) is 6.07 Å². The molecule has 2 saturated heterocycles. The minimum atomic E-state index is -0.325. The van der Waals surface area contributed by atoms with E-state index >= 15 is 0 Å². The Morgan fingerprint density at radius 3 is 2.95 bits per heavy atom. The number of fused-ring (bicyclic) bond motifs is 1. The van der Waals surface area contributed by atoms with Crippen LogP contribution in [0.5, 0.6) is 11.5 Å². The molecule has 0 aromatic heterocycles. The Bertz CT molecular complexity index is 517. The molecular formula is C14H18N2O3. The maximum Gasteiger partial charge on any atom is 0.258 e. The summed E-state index contributed by atoms with van der Waals surface area (Å²) in [6.07, 6.45) is 0.989. The van der Waals surface area contributed by atoms with Gasteiger partial charge in [-0.3, -0.25) is 4.79 Å². The summed E-state index contributed by atoms with van der Waals surface area (Å²) in [6, 6.07) is 4.88. The average Bonchev–Trinajstić information content (AvgIpc) is 2.91. The van der Waals surface area contributed by atoms with Crippen molar-refractivity contribution in [3.8, 4) is 11.5 Å². The highest BCUT2D eigenvalue weighted by molar-refractivity contribution is 5.98. The number of para-hydroxylation sites is 1. The Hall–Kier alpha value is -1.75. The van der Waals surface area contributed by atoms with Gasteiger partial charge in [-0.2, -0.15) is 0 Å². The third-order valence-electron chi connectivity index (χ3n) is 4.26. The Labute approximate surface area is 111 Å². The number of carbonyl (C=O) groups is 1. The van der Waals surface area contributed by atoms with Gasteiger partial charge < -0.3 is 20.4 Å². The summed E-state index contributed by atoms with van der Waals surface area (Å²) in [4.78, 5) is 14.4. The summed E-state index contributed by atoms with van der Waals surface area (Å²) < 4.78 is 0. The van der Waals surface area contributed by atoms with Gasteiger partial charge in [0.1, 0.15) is 0 Å². The lowest BCUT2D eigenvalue weighted by Crippen LogP contribution is -2.42. The van der Waals surface area contributed by atoms with Crippen LogP contribution >= 0.6 is 0 Å². The van der Waals surface area contributed by atoms with Crippen molar-refractivity contribution in [1.82, 2.24) is 10.2 Å². The Balaban J connectivity index is 1.93. The predicted octanol–water partition coefficient (Wildman–Crippen LogP) is 0.920. The number of benzene rings is 1. The quantitative estimate of drug-likeness (QED) is 0.658. The number of hydrogen-bond donors (Lipinski definition) is 3. The third-order valence-corrected chi connectivity index (χ3v) is 4.26. The zero-order chi connectivity index (χ0) is 13.6. The first-order chi connectivity index (χ1) is 9.09. The smallest absolute Gasteiger partial charge is 0.258 e. The Kier molecular flexibility index (Phi) is 2.86. The van der Waals surface area contributed by atoms with Gasteiger partial charge in [-0.15, -0.1) is 0 Å². The van der Waals surface area contributed by atoms with E-state index in [2.05, 4.69) is 5.32 Å². The summed E-state index contributed by atoms with van der Waals surface area (Å²) in [5, 5.41) is 22.7. The predicted molar refractivity (Wildman–Crippen MR) is 70.2 cm³/mol. The van der Waals surface area contributed by atoms with Crippen LogP contribution in [0.2, 0.25) is 0 Å². The van der Waals surface area contributed by atoms with Crippen molar-refractivity contribution in [2.24, 2.45) is 5.92 Å². The molecule has 0 spiro atoms. The van der Waals surface area contributed by atoms with E-state index in [1.807, 2.05) is 11.8 Å². The van der Waals surface area contributed by atoms with Gasteiger partial charge in [-0.05, 0) is 31.4 Å². The molecule has 3 atom stereocenters. The summed E-state index contributed by atoms with van der Waals surface area (Å²) in [5.74, 6) is -0.275. The fourth-order valence-corrected chi connectivity index (χ4v) is 3.36. The van der Waals surface area contributed by atoms with Gasteiger partial charge in [0.25, 0.3) is 5.91 Å². The van der Waals surface area contributed by atoms with E-state index in [0.717, 1.165) is 19.5 Å². The van der Waals surface area contributed by atoms with Crippen molar-refractivity contribution < 1.29 is 15.0 Å². The first-order valence-electron chi connectivity index (χ1n) is 6.64. The molecule has 5 heteroatoms. The summed E-state index contributed by atoms with van der Waals surface area (Å²) in [6.45, 7) is 3.79. The van der Waals surface area contributed by atoms with Crippen molar-refractivity contribution in [3.05, 3.63) is 23.8 Å². The molecule has 2 aliphatic heterocycles. The van der Waals surface area contributed by atoms with E-state index in [9.17, 15) is 15.0 Å². The number of amides is 1. The van der Waals surface area contributed by atoms with Crippen LogP contribution in [-0.2, 0) is 0 Å². The second kappa shape index (κ2) is 4.42. The molecule has 3 rings (SSSR count). The summed E-state index contributed by atoms with van der Waals surface area (Å²) in [7, 11) is 0. The molecule has 0 bridgehead atoms. The van der Waals surface area contributed by atoms with Crippen LogP contribution in [0, 0.1) is 5.92 Å². The minimum Gasteiger partial charge on any atom is -0.504 e. The molecule has 2 heterocycles. The van der Waals surface area contributed by atoms with Gasteiger partial charge >= 0.3 is 0 Å². The number of hydrogen-bond acceptors (Lipinski definition) is 4. The molecule has 5 nitrogen and oxygen atoms in total. The van der Waals surface area contributed by atoms with Gasteiger partial charge in [0.2, 0.25) is 0 Å². The van der Waals surface area contributed by atoms with Crippen LogP contribution < -0.4 is 5.32 Å². The summed E-state index contributed by atoms with van der Waals surface area (Å²) in [5.41, 5.74) is 0.180. The topological polar surface area (TPSA) is 72.8 Å². The lowest BCUT2D eigenvalue weighted by atomic mass is 10.0. The number of aromatic hydroxyl groups is 2. The van der Waals surface area contributed by atoms with E-state index in [-0.39, 0.29) is 35.1 Å². The number of rotatable bonds is 1.